The Balaban J connectivity index is 2.71. The van der Waals surface area contributed by atoms with Gasteiger partial charge >= 0.3 is 18.1 Å². The van der Waals surface area contributed by atoms with Crippen LogP contribution in [0.5, 0.6) is 0 Å². The Hall–Kier alpha value is -3.43. The SMILES string of the molecule is CCOC(=O)C1=C(C)N=C(OC)N(C(=O)OCC)C1c1cccc([N+](=O)[O-])c1. The first-order valence-electron chi connectivity index (χ1n) is 8.56. The molecule has 1 heterocycles. The molecule has 0 radical (unpaired) electrons. The summed E-state index contributed by atoms with van der Waals surface area (Å²) in [5.41, 5.74) is 0.460. The number of carbonyl (C=O) groups excluding carboxylic acids is 2. The molecule has 1 aromatic rings. The van der Waals surface area contributed by atoms with E-state index in [0.717, 1.165) is 4.90 Å². The summed E-state index contributed by atoms with van der Waals surface area (Å²) < 4.78 is 15.4. The summed E-state index contributed by atoms with van der Waals surface area (Å²) >= 11 is 0. The Labute approximate surface area is 161 Å². The number of nitrogens with zero attached hydrogens (tertiary/aromatic N) is 3. The number of carbonyl (C=O) groups is 2. The van der Waals surface area contributed by atoms with Gasteiger partial charge < -0.3 is 14.2 Å². The number of hydrogen-bond donors (Lipinski definition) is 0. The summed E-state index contributed by atoms with van der Waals surface area (Å²) in [7, 11) is 1.32. The second kappa shape index (κ2) is 8.98. The van der Waals surface area contributed by atoms with Crippen molar-refractivity contribution in [3.05, 3.63) is 51.2 Å². The smallest absolute Gasteiger partial charge is 0.418 e. The number of esters is 1. The molecular weight excluding hydrogens is 370 g/mol. The topological polar surface area (TPSA) is 121 Å². The Morgan fingerprint density at radius 2 is 1.93 bits per heavy atom. The number of ether oxygens (including phenoxy) is 3. The van der Waals surface area contributed by atoms with Gasteiger partial charge in [0.15, 0.2) is 0 Å². The van der Waals surface area contributed by atoms with Crippen LogP contribution in [0.4, 0.5) is 10.5 Å². The third kappa shape index (κ3) is 4.11. The highest BCUT2D eigenvalue weighted by Crippen LogP contribution is 2.37. The molecule has 1 aromatic carbocycles. The third-order valence-corrected chi connectivity index (χ3v) is 3.93. The number of hydrogen-bond acceptors (Lipinski definition) is 8. The molecule has 0 fully saturated rings. The predicted octanol–water partition coefficient (Wildman–Crippen LogP) is 2.95. The van der Waals surface area contributed by atoms with Gasteiger partial charge in [0.25, 0.3) is 5.69 Å². The van der Waals surface area contributed by atoms with E-state index in [-0.39, 0.29) is 36.2 Å². The minimum absolute atomic E-state index is 0.0659. The van der Waals surface area contributed by atoms with Gasteiger partial charge in [-0.05, 0) is 26.3 Å². The molecule has 28 heavy (non-hydrogen) atoms. The quantitative estimate of drug-likeness (QED) is 0.430. The van der Waals surface area contributed by atoms with Gasteiger partial charge in [0.2, 0.25) is 0 Å². The van der Waals surface area contributed by atoms with Gasteiger partial charge in [0.05, 0.1) is 36.5 Å². The van der Waals surface area contributed by atoms with Crippen LogP contribution in [0.2, 0.25) is 0 Å². The normalized spacial score (nSPS) is 16.4. The second-order valence-corrected chi connectivity index (χ2v) is 5.64. The zero-order chi connectivity index (χ0) is 20.8. The van der Waals surface area contributed by atoms with E-state index < -0.39 is 23.0 Å². The summed E-state index contributed by atoms with van der Waals surface area (Å²) in [6.07, 6.45) is -0.811. The first kappa shape index (κ1) is 20.9. The van der Waals surface area contributed by atoms with E-state index in [1.807, 2.05) is 0 Å². The van der Waals surface area contributed by atoms with E-state index in [9.17, 15) is 19.7 Å². The zero-order valence-electron chi connectivity index (χ0n) is 16.0. The average Bonchev–Trinajstić information content (AvgIpc) is 2.67. The Morgan fingerprint density at radius 1 is 1.25 bits per heavy atom. The molecule has 1 unspecified atom stereocenters. The van der Waals surface area contributed by atoms with Crippen LogP contribution in [0.1, 0.15) is 32.4 Å². The number of allylic oxidation sites excluding steroid dienone is 1. The fourth-order valence-electron chi connectivity index (χ4n) is 2.81. The fourth-order valence-corrected chi connectivity index (χ4v) is 2.81. The van der Waals surface area contributed by atoms with Crippen molar-refractivity contribution >= 4 is 23.8 Å². The monoisotopic (exact) mass is 391 g/mol. The molecule has 150 valence electrons. The van der Waals surface area contributed by atoms with Crippen LogP contribution >= 0.6 is 0 Å². The molecule has 0 spiro atoms. The average molecular weight is 391 g/mol. The highest BCUT2D eigenvalue weighted by atomic mass is 16.6. The van der Waals surface area contributed by atoms with E-state index in [0.29, 0.717) is 5.56 Å². The molecule has 0 aromatic heterocycles. The number of amidine groups is 1. The van der Waals surface area contributed by atoms with Crippen LogP contribution in [-0.2, 0) is 19.0 Å². The number of amides is 1. The summed E-state index contributed by atoms with van der Waals surface area (Å²) in [6.45, 7) is 5.02. The van der Waals surface area contributed by atoms with Gasteiger partial charge in [0.1, 0.15) is 6.04 Å². The molecule has 10 heteroatoms. The van der Waals surface area contributed by atoms with Gasteiger partial charge in [-0.25, -0.2) is 19.5 Å². The molecule has 0 aliphatic carbocycles. The van der Waals surface area contributed by atoms with Crippen molar-refractivity contribution in [3.8, 4) is 0 Å². The third-order valence-electron chi connectivity index (χ3n) is 3.93. The van der Waals surface area contributed by atoms with Crippen LogP contribution in [-0.4, -0.2) is 48.2 Å². The largest absolute Gasteiger partial charge is 0.468 e. The minimum Gasteiger partial charge on any atom is -0.468 e. The van der Waals surface area contributed by atoms with E-state index in [2.05, 4.69) is 4.99 Å². The molecule has 1 atom stereocenters. The van der Waals surface area contributed by atoms with Gasteiger partial charge in [-0.1, -0.05) is 12.1 Å². The lowest BCUT2D eigenvalue weighted by Crippen LogP contribution is -2.45. The van der Waals surface area contributed by atoms with Crippen molar-refractivity contribution < 1.29 is 28.7 Å². The van der Waals surface area contributed by atoms with Crippen molar-refractivity contribution in [2.75, 3.05) is 20.3 Å². The Bertz CT molecular complexity index is 847. The van der Waals surface area contributed by atoms with Crippen molar-refractivity contribution in [2.24, 2.45) is 4.99 Å². The maximum Gasteiger partial charge on any atom is 0.418 e. The van der Waals surface area contributed by atoms with Crippen molar-refractivity contribution in [3.63, 3.8) is 0 Å². The van der Waals surface area contributed by atoms with Crippen LogP contribution in [0.15, 0.2) is 40.5 Å². The Morgan fingerprint density at radius 3 is 2.50 bits per heavy atom. The lowest BCUT2D eigenvalue weighted by atomic mass is 9.94. The molecule has 2 rings (SSSR count). The van der Waals surface area contributed by atoms with Gasteiger partial charge in [-0.15, -0.1) is 0 Å². The van der Waals surface area contributed by atoms with Gasteiger partial charge in [-0.3, -0.25) is 10.1 Å². The van der Waals surface area contributed by atoms with Gasteiger partial charge in [0, 0.05) is 12.1 Å². The molecule has 0 bridgehead atoms. The first-order valence-corrected chi connectivity index (χ1v) is 8.56. The molecular formula is C18H21N3O7. The summed E-state index contributed by atoms with van der Waals surface area (Å²) in [5, 5.41) is 11.2. The van der Waals surface area contributed by atoms with Crippen molar-refractivity contribution in [1.29, 1.82) is 0 Å². The van der Waals surface area contributed by atoms with Crippen molar-refractivity contribution in [2.45, 2.75) is 26.8 Å². The summed E-state index contributed by atoms with van der Waals surface area (Å²) in [5.74, 6) is -0.690. The molecule has 0 N–H and O–H groups in total. The van der Waals surface area contributed by atoms with Gasteiger partial charge in [-0.2, -0.15) is 0 Å². The van der Waals surface area contributed by atoms with Crippen LogP contribution < -0.4 is 0 Å². The van der Waals surface area contributed by atoms with Crippen molar-refractivity contribution in [1.82, 2.24) is 4.90 Å². The van der Waals surface area contributed by atoms with E-state index in [4.69, 9.17) is 14.2 Å². The van der Waals surface area contributed by atoms with E-state index in [1.54, 1.807) is 26.8 Å². The standard InChI is InChI=1S/C18H21N3O7/c1-5-27-16(22)14-11(3)19-17(26-4)20(18(23)28-6-2)15(14)12-8-7-9-13(10-12)21(24)25/h7-10,15H,5-6H2,1-4H3. The number of non-ortho nitro benzene ring substituents is 1. The zero-order valence-corrected chi connectivity index (χ0v) is 16.0. The predicted molar refractivity (Wildman–Crippen MR) is 98.5 cm³/mol. The second-order valence-electron chi connectivity index (χ2n) is 5.64. The molecule has 1 aliphatic heterocycles. The number of benzene rings is 1. The fraction of sp³-hybridized carbons (Fsp3) is 0.389. The number of aliphatic imine (C=N–C) groups is 1. The molecule has 1 amide bonds. The molecule has 10 nitrogen and oxygen atoms in total. The number of methoxy groups -OCH3 is 1. The maximum atomic E-state index is 12.6. The van der Waals surface area contributed by atoms with E-state index >= 15 is 0 Å². The minimum atomic E-state index is -1.06. The highest BCUT2D eigenvalue weighted by molar-refractivity contribution is 5.99. The maximum absolute atomic E-state index is 12.6. The van der Waals surface area contributed by atoms with Crippen LogP contribution in [0, 0.1) is 10.1 Å². The lowest BCUT2D eigenvalue weighted by Gasteiger charge is -2.34. The number of rotatable bonds is 5. The number of nitro groups is 1. The van der Waals surface area contributed by atoms with E-state index in [1.165, 1.54) is 25.3 Å². The molecule has 0 saturated carbocycles. The molecule has 0 saturated heterocycles. The first-order chi connectivity index (χ1) is 13.3. The number of nitro benzene ring substituents is 1. The summed E-state index contributed by atoms with van der Waals surface area (Å²) in [6, 6.07) is 4.46. The Kier molecular flexibility index (Phi) is 6.69. The van der Waals surface area contributed by atoms with Crippen LogP contribution in [0.3, 0.4) is 0 Å². The summed E-state index contributed by atoms with van der Waals surface area (Å²) in [4.78, 5) is 41.1. The molecule has 1 aliphatic rings. The highest BCUT2D eigenvalue weighted by Gasteiger charge is 2.42. The van der Waals surface area contributed by atoms with Crippen LogP contribution in [0.25, 0.3) is 0 Å². The lowest BCUT2D eigenvalue weighted by molar-refractivity contribution is -0.384.